The molecule has 0 radical (unpaired) electrons. The summed E-state index contributed by atoms with van der Waals surface area (Å²) in [6.07, 6.45) is 1.46. The molecule has 0 aromatic rings. The molecule has 0 heterocycles. The van der Waals surface area contributed by atoms with E-state index in [0.29, 0.717) is 0 Å². The summed E-state index contributed by atoms with van der Waals surface area (Å²) >= 11 is 33.0. The fourth-order valence-corrected chi connectivity index (χ4v) is 2.43. The number of alkyl halides is 6. The minimum atomic E-state index is -1.67. The lowest BCUT2D eigenvalue weighted by Crippen LogP contribution is -2.20. The third kappa shape index (κ3) is 4.31. The van der Waals surface area contributed by atoms with Crippen LogP contribution in [0.15, 0.2) is 11.6 Å². The molecule has 0 aliphatic heterocycles. The van der Waals surface area contributed by atoms with Gasteiger partial charge in [0.1, 0.15) is 0 Å². The monoisotopic (exact) mass is 274 g/mol. The summed E-state index contributed by atoms with van der Waals surface area (Å²) in [4.78, 5) is 0. The molecule has 66 valence electrons. The fraction of sp³-hybridized carbons (Fsp3) is 0.600. The maximum absolute atomic E-state index is 5.49. The Labute approximate surface area is 95.3 Å². The van der Waals surface area contributed by atoms with Gasteiger partial charge in [-0.1, -0.05) is 75.7 Å². The van der Waals surface area contributed by atoms with Gasteiger partial charge in [0.15, 0.2) is 0 Å². The van der Waals surface area contributed by atoms with E-state index in [1.807, 2.05) is 0 Å². The molecule has 0 aromatic heterocycles. The Morgan fingerprint density at radius 2 is 1.18 bits per heavy atom. The Balaban J connectivity index is 4.74. The van der Waals surface area contributed by atoms with Crippen molar-refractivity contribution < 1.29 is 0 Å². The predicted molar refractivity (Wildman–Crippen MR) is 54.3 cm³/mol. The first-order valence-electron chi connectivity index (χ1n) is 2.50. The molecule has 0 atom stereocenters. The van der Waals surface area contributed by atoms with Crippen LogP contribution in [0.25, 0.3) is 0 Å². The lowest BCUT2D eigenvalue weighted by Gasteiger charge is -2.21. The van der Waals surface area contributed by atoms with Gasteiger partial charge in [0.2, 0.25) is 7.59 Å². The predicted octanol–water partition coefficient (Wildman–Crippen LogP) is 4.67. The van der Waals surface area contributed by atoms with Gasteiger partial charge in [0.25, 0.3) is 0 Å². The summed E-state index contributed by atoms with van der Waals surface area (Å²) in [5, 5.41) is 0. The first-order valence-corrected chi connectivity index (χ1v) is 4.77. The molecule has 0 aliphatic rings. The zero-order chi connectivity index (χ0) is 9.28. The Hall–Kier alpha value is 1.48. The Morgan fingerprint density at radius 3 is 1.18 bits per heavy atom. The maximum atomic E-state index is 5.49. The van der Waals surface area contributed by atoms with Gasteiger partial charge < -0.3 is 0 Å². The van der Waals surface area contributed by atoms with Crippen molar-refractivity contribution in [2.24, 2.45) is 0 Å². The Kier molecular flexibility index (Phi) is 4.68. The van der Waals surface area contributed by atoms with Gasteiger partial charge in [0.05, 0.1) is 0 Å². The highest BCUT2D eigenvalue weighted by Gasteiger charge is 2.39. The van der Waals surface area contributed by atoms with Crippen molar-refractivity contribution in [2.75, 3.05) is 0 Å². The minimum Gasteiger partial charge on any atom is -0.0799 e. The number of hydrogen-bond donors (Lipinski definition) is 0. The van der Waals surface area contributed by atoms with Crippen LogP contribution in [0.5, 0.6) is 0 Å². The van der Waals surface area contributed by atoms with Crippen LogP contribution in [0, 0.1) is 0 Å². The summed E-state index contributed by atoms with van der Waals surface area (Å²) in [5.41, 5.74) is 0.125. The van der Waals surface area contributed by atoms with Gasteiger partial charge >= 0.3 is 0 Å². The number of allylic oxidation sites excluding steroid dienone is 2. The standard InChI is InChI=1S/C5H4Cl6/c1-2-3(4(6,7)8)5(9,10)11/h2H,1H3. The first kappa shape index (κ1) is 12.5. The van der Waals surface area contributed by atoms with Crippen molar-refractivity contribution in [1.29, 1.82) is 0 Å². The van der Waals surface area contributed by atoms with Crippen LogP contribution in [0.1, 0.15) is 6.92 Å². The van der Waals surface area contributed by atoms with Crippen molar-refractivity contribution in [1.82, 2.24) is 0 Å². The third-order valence-electron chi connectivity index (χ3n) is 0.899. The van der Waals surface area contributed by atoms with E-state index in [1.165, 1.54) is 6.08 Å². The number of rotatable bonds is 0. The van der Waals surface area contributed by atoms with Gasteiger partial charge in [-0.15, -0.1) is 0 Å². The van der Waals surface area contributed by atoms with Crippen LogP contribution in [0.3, 0.4) is 0 Å². The van der Waals surface area contributed by atoms with Gasteiger partial charge in [-0.25, -0.2) is 0 Å². The summed E-state index contributed by atoms with van der Waals surface area (Å²) in [6.45, 7) is 1.62. The van der Waals surface area contributed by atoms with E-state index in [2.05, 4.69) is 0 Å². The van der Waals surface area contributed by atoms with E-state index in [1.54, 1.807) is 6.92 Å². The Morgan fingerprint density at radius 1 is 0.909 bits per heavy atom. The molecule has 0 N–H and O–H groups in total. The molecule has 11 heavy (non-hydrogen) atoms. The smallest absolute Gasteiger partial charge is 0.0799 e. The van der Waals surface area contributed by atoms with Crippen LogP contribution < -0.4 is 0 Å². The highest BCUT2D eigenvalue weighted by atomic mass is 35.6. The average molecular weight is 277 g/mol. The largest absolute Gasteiger partial charge is 0.216 e. The maximum Gasteiger partial charge on any atom is 0.216 e. The summed E-state index contributed by atoms with van der Waals surface area (Å²) in [6, 6.07) is 0. The van der Waals surface area contributed by atoms with Crippen LogP contribution in [0.2, 0.25) is 0 Å². The van der Waals surface area contributed by atoms with E-state index in [4.69, 9.17) is 69.6 Å². The van der Waals surface area contributed by atoms with Crippen LogP contribution in [-0.2, 0) is 0 Å². The van der Waals surface area contributed by atoms with Crippen molar-refractivity contribution in [2.45, 2.75) is 14.5 Å². The molecular weight excluding hydrogens is 273 g/mol. The van der Waals surface area contributed by atoms with E-state index in [0.717, 1.165) is 0 Å². The molecule has 6 heteroatoms. The van der Waals surface area contributed by atoms with Crippen LogP contribution in [-0.4, -0.2) is 7.59 Å². The van der Waals surface area contributed by atoms with Gasteiger partial charge in [-0.3, -0.25) is 0 Å². The molecule has 0 nitrogen and oxygen atoms in total. The quantitative estimate of drug-likeness (QED) is 0.445. The van der Waals surface area contributed by atoms with Crippen LogP contribution >= 0.6 is 69.6 Å². The molecule has 0 aliphatic carbocycles. The topological polar surface area (TPSA) is 0 Å². The van der Waals surface area contributed by atoms with Crippen molar-refractivity contribution >= 4 is 69.6 Å². The molecule has 0 rings (SSSR count). The molecule has 0 unspecified atom stereocenters. The summed E-state index contributed by atoms with van der Waals surface area (Å²) in [5.74, 6) is 0. The molecule has 0 spiro atoms. The van der Waals surface area contributed by atoms with E-state index < -0.39 is 7.59 Å². The summed E-state index contributed by atoms with van der Waals surface area (Å²) in [7, 11) is 0. The number of hydrogen-bond acceptors (Lipinski definition) is 0. The van der Waals surface area contributed by atoms with Crippen molar-refractivity contribution in [3.05, 3.63) is 11.6 Å². The second-order valence-electron chi connectivity index (χ2n) is 1.70. The second-order valence-corrected chi connectivity index (χ2v) is 6.26. The molecule has 0 amide bonds. The SMILES string of the molecule is CC=C(C(Cl)(Cl)Cl)C(Cl)(Cl)Cl. The molecular formula is C5H4Cl6. The normalized spacial score (nSPS) is 13.0. The highest BCUT2D eigenvalue weighted by molar-refractivity contribution is 6.75. The molecule has 0 saturated carbocycles. The second kappa shape index (κ2) is 4.13. The lowest BCUT2D eigenvalue weighted by atomic mass is 10.3. The molecule has 0 bridgehead atoms. The van der Waals surface area contributed by atoms with Crippen molar-refractivity contribution in [3.63, 3.8) is 0 Å². The van der Waals surface area contributed by atoms with Crippen molar-refractivity contribution in [3.8, 4) is 0 Å². The van der Waals surface area contributed by atoms with E-state index in [-0.39, 0.29) is 5.57 Å². The van der Waals surface area contributed by atoms with Crippen LogP contribution in [0.4, 0.5) is 0 Å². The zero-order valence-corrected chi connectivity index (χ0v) is 9.88. The lowest BCUT2D eigenvalue weighted by molar-refractivity contribution is 1.13. The summed E-state index contributed by atoms with van der Waals surface area (Å²) < 4.78 is -3.33. The van der Waals surface area contributed by atoms with Gasteiger partial charge in [-0.2, -0.15) is 0 Å². The van der Waals surface area contributed by atoms with E-state index in [9.17, 15) is 0 Å². The van der Waals surface area contributed by atoms with E-state index >= 15 is 0 Å². The first-order chi connectivity index (χ1) is 4.69. The van der Waals surface area contributed by atoms with Gasteiger partial charge in [0, 0.05) is 5.57 Å². The Bertz CT molecular complexity index is 143. The molecule has 0 fully saturated rings. The molecule has 0 aromatic carbocycles. The number of halogens is 6. The zero-order valence-electron chi connectivity index (χ0n) is 5.35. The third-order valence-corrected chi connectivity index (χ3v) is 2.12. The highest BCUT2D eigenvalue weighted by Crippen LogP contribution is 2.47. The minimum absolute atomic E-state index is 0.125. The van der Waals surface area contributed by atoms with Gasteiger partial charge in [-0.05, 0) is 6.92 Å². The fourth-order valence-electron chi connectivity index (χ4n) is 0.488. The average Bonchev–Trinajstić information content (AvgIpc) is 1.56. The molecule has 0 saturated heterocycles.